The fourth-order valence-electron chi connectivity index (χ4n) is 2.18. The Labute approximate surface area is 142 Å². The van der Waals surface area contributed by atoms with Crippen molar-refractivity contribution in [1.29, 1.82) is 0 Å². The largest absolute Gasteiger partial charge is 0.243 e. The van der Waals surface area contributed by atoms with E-state index < -0.39 is 25.9 Å². The van der Waals surface area contributed by atoms with Crippen molar-refractivity contribution in [3.05, 3.63) is 26.7 Å². The van der Waals surface area contributed by atoms with Crippen LogP contribution in [-0.4, -0.2) is 34.4 Å². The van der Waals surface area contributed by atoms with Gasteiger partial charge in [-0.25, -0.2) is 21.6 Å². The Morgan fingerprint density at radius 1 is 1.24 bits per heavy atom. The van der Waals surface area contributed by atoms with E-state index in [9.17, 15) is 16.8 Å². The maximum atomic E-state index is 12.4. The van der Waals surface area contributed by atoms with Crippen LogP contribution in [0.3, 0.4) is 0 Å². The Bertz CT molecular complexity index is 741. The monoisotopic (exact) mass is 435 g/mol. The quantitative estimate of drug-likeness (QED) is 0.789. The Morgan fingerprint density at radius 2 is 1.81 bits per heavy atom. The summed E-state index contributed by atoms with van der Waals surface area (Å²) in [5, 5.41) is -0.0546. The summed E-state index contributed by atoms with van der Waals surface area (Å²) in [4.78, 5) is -0.239. The highest BCUT2D eigenvalue weighted by molar-refractivity contribution is 9.10. The van der Waals surface area contributed by atoms with Gasteiger partial charge in [-0.15, -0.1) is 0 Å². The minimum Gasteiger partial charge on any atom is -0.229 e. The van der Waals surface area contributed by atoms with E-state index in [-0.39, 0.29) is 26.4 Å². The molecule has 0 amide bonds. The van der Waals surface area contributed by atoms with Crippen LogP contribution >= 0.6 is 39.1 Å². The van der Waals surface area contributed by atoms with E-state index in [1.54, 1.807) is 0 Å². The number of sulfonamides is 1. The molecule has 0 aromatic heterocycles. The second-order valence-corrected chi connectivity index (χ2v) is 10.4. The van der Waals surface area contributed by atoms with Crippen molar-refractivity contribution in [3.63, 3.8) is 0 Å². The van der Waals surface area contributed by atoms with Crippen LogP contribution in [0.4, 0.5) is 0 Å². The number of nitrogens with one attached hydrogen (secondary N) is 1. The zero-order chi connectivity index (χ0) is 15.8. The third-order valence-corrected chi connectivity index (χ3v) is 7.74. The van der Waals surface area contributed by atoms with Crippen LogP contribution in [0, 0.1) is 0 Å². The molecule has 0 saturated carbocycles. The van der Waals surface area contributed by atoms with Crippen LogP contribution in [0.25, 0.3) is 0 Å². The van der Waals surface area contributed by atoms with E-state index in [4.69, 9.17) is 23.2 Å². The normalized spacial score (nSPS) is 22.1. The Morgan fingerprint density at radius 3 is 2.33 bits per heavy atom. The van der Waals surface area contributed by atoms with Crippen molar-refractivity contribution in [2.45, 2.75) is 23.8 Å². The van der Waals surface area contributed by atoms with Crippen LogP contribution < -0.4 is 4.72 Å². The number of hydrogen-bond acceptors (Lipinski definition) is 4. The van der Waals surface area contributed by atoms with Crippen molar-refractivity contribution >= 4 is 59.0 Å². The van der Waals surface area contributed by atoms with Gasteiger partial charge in [-0.3, -0.25) is 0 Å². The van der Waals surface area contributed by atoms with Crippen LogP contribution in [-0.2, 0) is 19.9 Å². The number of hydrogen-bond donors (Lipinski definition) is 1. The van der Waals surface area contributed by atoms with Gasteiger partial charge < -0.3 is 0 Å². The molecule has 1 saturated heterocycles. The molecule has 1 N–H and O–H groups in total. The molecule has 2 rings (SSSR count). The second kappa shape index (κ2) is 6.33. The van der Waals surface area contributed by atoms with Gasteiger partial charge in [0.2, 0.25) is 10.0 Å². The highest BCUT2D eigenvalue weighted by Crippen LogP contribution is 2.33. The highest BCUT2D eigenvalue weighted by atomic mass is 79.9. The van der Waals surface area contributed by atoms with Crippen molar-refractivity contribution in [2.24, 2.45) is 0 Å². The van der Waals surface area contributed by atoms with Gasteiger partial charge in [-0.2, -0.15) is 0 Å². The molecule has 1 atom stereocenters. The molecule has 0 aliphatic carbocycles. The van der Waals surface area contributed by atoms with Gasteiger partial charge >= 0.3 is 0 Å². The predicted octanol–water partition coefficient (Wildman–Crippen LogP) is 2.61. The smallest absolute Gasteiger partial charge is 0.229 e. The summed E-state index contributed by atoms with van der Waals surface area (Å²) in [6, 6.07) is 2.17. The van der Waals surface area contributed by atoms with Crippen molar-refractivity contribution in [2.75, 3.05) is 11.5 Å². The Hall–Kier alpha value is 0.140. The van der Waals surface area contributed by atoms with Crippen molar-refractivity contribution < 1.29 is 16.8 Å². The first-order chi connectivity index (χ1) is 9.61. The lowest BCUT2D eigenvalue weighted by Gasteiger charge is -2.23. The van der Waals surface area contributed by atoms with Crippen LogP contribution in [0.1, 0.15) is 12.8 Å². The third-order valence-electron chi connectivity index (χ3n) is 3.02. The summed E-state index contributed by atoms with van der Waals surface area (Å²) >= 11 is 15.0. The van der Waals surface area contributed by atoms with Gasteiger partial charge in [0.25, 0.3) is 0 Å². The molecule has 118 valence electrons. The molecule has 0 bridgehead atoms. The summed E-state index contributed by atoms with van der Waals surface area (Å²) in [5.41, 5.74) is 0. The summed E-state index contributed by atoms with van der Waals surface area (Å²) in [7, 11) is -7.20. The highest BCUT2D eigenvalue weighted by Gasteiger charge is 2.30. The lowest BCUT2D eigenvalue weighted by Crippen LogP contribution is -2.43. The van der Waals surface area contributed by atoms with E-state index >= 15 is 0 Å². The fourth-order valence-corrected chi connectivity index (χ4v) is 7.13. The lowest BCUT2D eigenvalue weighted by molar-refractivity contribution is 0.517. The minimum atomic E-state index is -3.99. The molecule has 0 radical (unpaired) electrons. The summed E-state index contributed by atoms with van der Waals surface area (Å²) < 4.78 is 50.8. The number of halogens is 3. The van der Waals surface area contributed by atoms with E-state index in [1.807, 2.05) is 0 Å². The maximum absolute atomic E-state index is 12.4. The minimum absolute atomic E-state index is 0.0273. The topological polar surface area (TPSA) is 80.3 Å². The predicted molar refractivity (Wildman–Crippen MR) is 86.2 cm³/mol. The Balaban J connectivity index is 2.31. The summed E-state index contributed by atoms with van der Waals surface area (Å²) in [6.45, 7) is 0. The zero-order valence-corrected chi connectivity index (χ0v) is 15.4. The number of sulfone groups is 1. The molecule has 0 spiro atoms. The summed E-state index contributed by atoms with van der Waals surface area (Å²) in [5.74, 6) is -0.122. The van der Waals surface area contributed by atoms with E-state index in [0.717, 1.165) is 0 Å². The lowest BCUT2D eigenvalue weighted by atomic mass is 10.2. The molecule has 1 unspecified atom stereocenters. The second-order valence-electron chi connectivity index (χ2n) is 4.77. The van der Waals surface area contributed by atoms with Gasteiger partial charge in [0, 0.05) is 10.5 Å². The van der Waals surface area contributed by atoms with E-state index in [1.165, 1.54) is 12.1 Å². The first-order valence-corrected chi connectivity index (χ1v) is 10.8. The van der Waals surface area contributed by atoms with Crippen LogP contribution in [0.5, 0.6) is 0 Å². The number of rotatable bonds is 3. The molecule has 5 nitrogen and oxygen atoms in total. The zero-order valence-electron chi connectivity index (χ0n) is 10.6. The first-order valence-electron chi connectivity index (χ1n) is 5.98. The van der Waals surface area contributed by atoms with Gasteiger partial charge in [-0.05, 0) is 25.0 Å². The van der Waals surface area contributed by atoms with Gasteiger partial charge in [0.05, 0.1) is 21.6 Å². The maximum Gasteiger partial charge on any atom is 0.243 e. The molecule has 10 heteroatoms. The molecule has 1 aliphatic rings. The summed E-state index contributed by atoms with van der Waals surface area (Å²) in [6.07, 6.45) is 0.890. The average Bonchev–Trinajstić information content (AvgIpc) is 2.23. The van der Waals surface area contributed by atoms with Crippen LogP contribution in [0.2, 0.25) is 10.0 Å². The molecular formula is C11H12BrCl2NO4S2. The van der Waals surface area contributed by atoms with Crippen molar-refractivity contribution in [1.82, 2.24) is 4.72 Å². The van der Waals surface area contributed by atoms with Crippen molar-refractivity contribution in [3.8, 4) is 0 Å². The molecule has 1 aliphatic heterocycles. The number of benzene rings is 1. The molecule has 1 aromatic carbocycles. The average molecular weight is 437 g/mol. The van der Waals surface area contributed by atoms with Gasteiger partial charge in [0.1, 0.15) is 4.90 Å². The standard InChI is InChI=1S/C11H12BrCl2NO4S2/c12-7-4-9(13)11(10(14)5-7)21(18,19)15-8-2-1-3-20(16,17)6-8/h4-5,8,15H,1-3,6H2. The Kier molecular flexibility index (Phi) is 5.27. The first kappa shape index (κ1) is 17.5. The molecule has 1 aromatic rings. The van der Waals surface area contributed by atoms with E-state index in [0.29, 0.717) is 17.3 Å². The molecule has 1 fully saturated rings. The molecule has 1 heterocycles. The third kappa shape index (κ3) is 4.33. The molecular weight excluding hydrogens is 425 g/mol. The molecule has 21 heavy (non-hydrogen) atoms. The van der Waals surface area contributed by atoms with Gasteiger partial charge in [0.15, 0.2) is 9.84 Å². The van der Waals surface area contributed by atoms with E-state index in [2.05, 4.69) is 20.7 Å². The van der Waals surface area contributed by atoms with Crippen LogP contribution in [0.15, 0.2) is 21.5 Å². The van der Waals surface area contributed by atoms with Gasteiger partial charge in [-0.1, -0.05) is 39.1 Å². The SMILES string of the molecule is O=S1(=O)CCCC(NS(=O)(=O)c2c(Cl)cc(Br)cc2Cl)C1. The fraction of sp³-hybridized carbons (Fsp3) is 0.455.